The fraction of sp³-hybridized carbons (Fsp3) is 0.500. The number of halogens is 1. The van der Waals surface area contributed by atoms with E-state index < -0.39 is 0 Å². The first-order chi connectivity index (χ1) is 4.83. The van der Waals surface area contributed by atoms with Gasteiger partial charge in [-0.2, -0.15) is 0 Å². The lowest BCUT2D eigenvalue weighted by atomic mass is 9.97. The van der Waals surface area contributed by atoms with E-state index in [0.29, 0.717) is 5.92 Å². The van der Waals surface area contributed by atoms with Gasteiger partial charge >= 0.3 is 0 Å². The van der Waals surface area contributed by atoms with E-state index in [2.05, 4.69) is 6.08 Å². The van der Waals surface area contributed by atoms with Crippen molar-refractivity contribution in [1.29, 1.82) is 0 Å². The Kier molecular flexibility index (Phi) is 2.97. The van der Waals surface area contributed by atoms with Gasteiger partial charge in [-0.1, -0.05) is 23.8 Å². The standard InChI is InChI=1S/C8H12ClN/c9-8-3-1-7(2-4-8)5-6-10/h1,3-4,7H,2,5-6,10H2. The highest BCUT2D eigenvalue weighted by atomic mass is 35.5. The van der Waals surface area contributed by atoms with Gasteiger partial charge in [-0.3, -0.25) is 0 Å². The number of hydrogen-bond acceptors (Lipinski definition) is 1. The summed E-state index contributed by atoms with van der Waals surface area (Å²) in [5, 5.41) is 0.855. The molecule has 0 aromatic carbocycles. The molecule has 1 aliphatic carbocycles. The normalized spacial score (nSPS) is 24.6. The molecule has 2 heteroatoms. The van der Waals surface area contributed by atoms with Gasteiger partial charge in [-0.05, 0) is 31.4 Å². The van der Waals surface area contributed by atoms with E-state index in [1.54, 1.807) is 0 Å². The Morgan fingerprint density at radius 1 is 1.70 bits per heavy atom. The maximum absolute atomic E-state index is 5.73. The number of rotatable bonds is 2. The number of nitrogens with two attached hydrogens (primary N) is 1. The van der Waals surface area contributed by atoms with Crippen LogP contribution in [0.5, 0.6) is 0 Å². The molecule has 0 aromatic heterocycles. The van der Waals surface area contributed by atoms with Crippen molar-refractivity contribution in [3.63, 3.8) is 0 Å². The molecule has 1 nitrogen and oxygen atoms in total. The molecule has 1 rings (SSSR count). The van der Waals surface area contributed by atoms with Gasteiger partial charge in [0.25, 0.3) is 0 Å². The fourth-order valence-electron chi connectivity index (χ4n) is 1.07. The van der Waals surface area contributed by atoms with Gasteiger partial charge in [-0.25, -0.2) is 0 Å². The lowest BCUT2D eigenvalue weighted by Crippen LogP contribution is -2.07. The summed E-state index contributed by atoms with van der Waals surface area (Å²) < 4.78 is 0. The average molecular weight is 158 g/mol. The van der Waals surface area contributed by atoms with Crippen molar-refractivity contribution in [2.24, 2.45) is 11.7 Å². The van der Waals surface area contributed by atoms with Gasteiger partial charge in [-0.15, -0.1) is 0 Å². The van der Waals surface area contributed by atoms with Crippen LogP contribution in [0.1, 0.15) is 12.8 Å². The highest BCUT2D eigenvalue weighted by Crippen LogP contribution is 2.20. The molecule has 0 bridgehead atoms. The number of hydrogen-bond donors (Lipinski definition) is 1. The third-order valence-electron chi connectivity index (χ3n) is 1.68. The first-order valence-electron chi connectivity index (χ1n) is 3.57. The largest absolute Gasteiger partial charge is 0.330 e. The molecule has 2 N–H and O–H groups in total. The highest BCUT2D eigenvalue weighted by molar-refractivity contribution is 6.31. The van der Waals surface area contributed by atoms with E-state index in [0.717, 1.165) is 24.4 Å². The Bertz CT molecular complexity index is 161. The molecule has 0 spiro atoms. The van der Waals surface area contributed by atoms with Crippen molar-refractivity contribution < 1.29 is 0 Å². The van der Waals surface area contributed by atoms with Crippen molar-refractivity contribution in [3.8, 4) is 0 Å². The van der Waals surface area contributed by atoms with Gasteiger partial charge in [0.15, 0.2) is 0 Å². The predicted octanol–water partition coefficient (Wildman–Crippen LogP) is 2.03. The summed E-state index contributed by atoms with van der Waals surface area (Å²) in [5.74, 6) is 0.618. The van der Waals surface area contributed by atoms with Crippen LogP contribution >= 0.6 is 11.6 Å². The molecule has 1 aliphatic rings. The fourth-order valence-corrected chi connectivity index (χ4v) is 1.23. The zero-order chi connectivity index (χ0) is 7.40. The lowest BCUT2D eigenvalue weighted by molar-refractivity contribution is 0.603. The van der Waals surface area contributed by atoms with Gasteiger partial charge in [0.1, 0.15) is 0 Å². The monoisotopic (exact) mass is 157 g/mol. The Balaban J connectivity index is 2.37. The van der Waals surface area contributed by atoms with Gasteiger partial charge < -0.3 is 5.73 Å². The predicted molar refractivity (Wildman–Crippen MR) is 44.9 cm³/mol. The summed E-state index contributed by atoms with van der Waals surface area (Å²) >= 11 is 5.73. The van der Waals surface area contributed by atoms with E-state index >= 15 is 0 Å². The van der Waals surface area contributed by atoms with E-state index in [4.69, 9.17) is 17.3 Å². The third kappa shape index (κ3) is 2.16. The molecule has 0 amide bonds. The van der Waals surface area contributed by atoms with Gasteiger partial charge in [0.2, 0.25) is 0 Å². The molecule has 0 saturated heterocycles. The zero-order valence-corrected chi connectivity index (χ0v) is 6.64. The first kappa shape index (κ1) is 7.83. The summed E-state index contributed by atoms with van der Waals surface area (Å²) in [5.41, 5.74) is 5.41. The molecular weight excluding hydrogens is 146 g/mol. The molecule has 0 heterocycles. The summed E-state index contributed by atoms with van der Waals surface area (Å²) in [6, 6.07) is 0. The second-order valence-corrected chi connectivity index (χ2v) is 2.96. The smallest absolute Gasteiger partial charge is 0.0363 e. The molecule has 0 fully saturated rings. The molecule has 1 unspecified atom stereocenters. The molecule has 56 valence electrons. The molecule has 10 heavy (non-hydrogen) atoms. The quantitative estimate of drug-likeness (QED) is 0.652. The van der Waals surface area contributed by atoms with Crippen molar-refractivity contribution in [1.82, 2.24) is 0 Å². The minimum atomic E-state index is 0.618. The van der Waals surface area contributed by atoms with Crippen molar-refractivity contribution in [3.05, 3.63) is 23.3 Å². The SMILES string of the molecule is NCCC1C=CC(Cl)=CC1. The topological polar surface area (TPSA) is 26.0 Å². The van der Waals surface area contributed by atoms with Crippen LogP contribution in [0.4, 0.5) is 0 Å². The number of allylic oxidation sites excluding steroid dienone is 4. The van der Waals surface area contributed by atoms with Gasteiger partial charge in [0, 0.05) is 5.03 Å². The maximum atomic E-state index is 5.73. The Morgan fingerprint density at radius 3 is 3.00 bits per heavy atom. The minimum Gasteiger partial charge on any atom is -0.330 e. The van der Waals surface area contributed by atoms with E-state index in [-0.39, 0.29) is 0 Å². The van der Waals surface area contributed by atoms with E-state index in [1.807, 2.05) is 12.2 Å². The van der Waals surface area contributed by atoms with Crippen LogP contribution in [0.15, 0.2) is 23.3 Å². The van der Waals surface area contributed by atoms with Crippen molar-refractivity contribution >= 4 is 11.6 Å². The molecule has 0 aliphatic heterocycles. The maximum Gasteiger partial charge on any atom is 0.0363 e. The van der Waals surface area contributed by atoms with Crippen LogP contribution in [0, 0.1) is 5.92 Å². The van der Waals surface area contributed by atoms with Crippen LogP contribution < -0.4 is 5.73 Å². The second-order valence-electron chi connectivity index (χ2n) is 2.52. The van der Waals surface area contributed by atoms with Gasteiger partial charge in [0.05, 0.1) is 0 Å². The van der Waals surface area contributed by atoms with Crippen LogP contribution in [0.3, 0.4) is 0 Å². The third-order valence-corrected chi connectivity index (χ3v) is 1.96. The van der Waals surface area contributed by atoms with E-state index in [1.165, 1.54) is 0 Å². The van der Waals surface area contributed by atoms with Crippen molar-refractivity contribution in [2.45, 2.75) is 12.8 Å². The van der Waals surface area contributed by atoms with Crippen molar-refractivity contribution in [2.75, 3.05) is 6.54 Å². The first-order valence-corrected chi connectivity index (χ1v) is 3.94. The van der Waals surface area contributed by atoms with Crippen LogP contribution in [-0.2, 0) is 0 Å². The van der Waals surface area contributed by atoms with Crippen LogP contribution in [0.2, 0.25) is 0 Å². The summed E-state index contributed by atoms with van der Waals surface area (Å²) in [4.78, 5) is 0. The molecule has 0 radical (unpaired) electrons. The second kappa shape index (κ2) is 3.79. The Labute approximate surface area is 66.6 Å². The van der Waals surface area contributed by atoms with E-state index in [9.17, 15) is 0 Å². The summed E-state index contributed by atoms with van der Waals surface area (Å²) in [6.45, 7) is 0.764. The summed E-state index contributed by atoms with van der Waals surface area (Å²) in [7, 11) is 0. The zero-order valence-electron chi connectivity index (χ0n) is 5.89. The molecule has 1 atom stereocenters. The Hall–Kier alpha value is -0.270. The van der Waals surface area contributed by atoms with Crippen LogP contribution in [0.25, 0.3) is 0 Å². The molecular formula is C8H12ClN. The molecule has 0 aromatic rings. The lowest BCUT2D eigenvalue weighted by Gasteiger charge is -2.11. The highest BCUT2D eigenvalue weighted by Gasteiger charge is 2.05. The summed E-state index contributed by atoms with van der Waals surface area (Å²) in [6.07, 6.45) is 8.24. The average Bonchev–Trinajstić information content (AvgIpc) is 1.95. The molecule has 0 saturated carbocycles. The van der Waals surface area contributed by atoms with Crippen LogP contribution in [-0.4, -0.2) is 6.54 Å². The minimum absolute atomic E-state index is 0.618. The Morgan fingerprint density at radius 2 is 2.50 bits per heavy atom.